The first kappa shape index (κ1) is 16.6. The number of nitrogens with zero attached hydrogens (tertiary/aromatic N) is 2. The van der Waals surface area contributed by atoms with E-state index in [0.717, 1.165) is 32.8 Å². The highest BCUT2D eigenvalue weighted by Crippen LogP contribution is 2.16. The second-order valence-electron chi connectivity index (χ2n) is 3.84. The highest BCUT2D eigenvalue weighted by molar-refractivity contribution is 5.72. The van der Waals surface area contributed by atoms with Gasteiger partial charge in [-0.15, -0.1) is 0 Å². The van der Waals surface area contributed by atoms with Gasteiger partial charge in [-0.2, -0.15) is 5.06 Å². The average Bonchev–Trinajstić information content (AvgIpc) is 2.38. The van der Waals surface area contributed by atoms with Gasteiger partial charge in [0.2, 0.25) is 0 Å². The van der Waals surface area contributed by atoms with Crippen molar-refractivity contribution in [1.29, 1.82) is 0 Å². The number of piperidine rings is 1. The number of hydroxylamine groups is 2. The molecule has 6 heteroatoms. The van der Waals surface area contributed by atoms with Crippen LogP contribution in [0.3, 0.4) is 0 Å². The van der Waals surface area contributed by atoms with Crippen molar-refractivity contribution in [3.63, 3.8) is 0 Å². The molecule has 18 heavy (non-hydrogen) atoms. The van der Waals surface area contributed by atoms with Gasteiger partial charge in [0.25, 0.3) is 5.91 Å². The molecule has 1 heterocycles. The van der Waals surface area contributed by atoms with E-state index in [1.54, 1.807) is 0 Å². The van der Waals surface area contributed by atoms with Crippen LogP contribution in [0, 0.1) is 0 Å². The maximum absolute atomic E-state index is 11.4. The van der Waals surface area contributed by atoms with Gasteiger partial charge in [-0.05, 0) is 19.4 Å². The van der Waals surface area contributed by atoms with E-state index >= 15 is 0 Å². The molecular weight excluding hydrogens is 236 g/mol. The number of aliphatic hydroxyl groups is 1. The molecule has 0 radical (unpaired) electrons. The summed E-state index contributed by atoms with van der Waals surface area (Å²) < 4.78 is 0. The molecule has 1 atom stereocenters. The van der Waals surface area contributed by atoms with E-state index in [2.05, 4.69) is 6.58 Å². The van der Waals surface area contributed by atoms with Gasteiger partial charge in [-0.25, -0.2) is 0 Å². The van der Waals surface area contributed by atoms with Crippen molar-refractivity contribution in [3.8, 4) is 0 Å². The van der Waals surface area contributed by atoms with Crippen LogP contribution in [0.2, 0.25) is 0 Å². The van der Waals surface area contributed by atoms with Crippen LogP contribution in [0.1, 0.15) is 19.8 Å². The van der Waals surface area contributed by atoms with Crippen molar-refractivity contribution >= 4 is 12.2 Å². The molecule has 1 rings (SSSR count). The molecule has 1 unspecified atom stereocenters. The maximum atomic E-state index is 11.4. The van der Waals surface area contributed by atoms with Gasteiger partial charge >= 0.3 is 0 Å². The van der Waals surface area contributed by atoms with Crippen LogP contribution in [0.25, 0.3) is 0 Å². The monoisotopic (exact) mass is 258 g/mol. The van der Waals surface area contributed by atoms with Gasteiger partial charge in [0.05, 0.1) is 12.6 Å². The largest absolute Gasteiger partial charge is 0.400 e. The summed E-state index contributed by atoms with van der Waals surface area (Å²) in [5.74, 6) is -0.141. The molecule has 0 spiro atoms. The third kappa shape index (κ3) is 5.29. The summed E-state index contributed by atoms with van der Waals surface area (Å²) in [7, 11) is 1.00. The third-order valence-electron chi connectivity index (χ3n) is 2.64. The Morgan fingerprint density at radius 3 is 2.78 bits per heavy atom. The van der Waals surface area contributed by atoms with Crippen LogP contribution in [-0.2, 0) is 14.4 Å². The summed E-state index contributed by atoms with van der Waals surface area (Å²) in [5, 5.41) is 8.34. The quantitative estimate of drug-likeness (QED) is 0.433. The van der Waals surface area contributed by atoms with Crippen LogP contribution in [0.15, 0.2) is 12.8 Å². The SMILES string of the molecule is C=CON(C(C)=O)C1CCCN(CC=O)C1.CO. The molecule has 1 aliphatic rings. The van der Waals surface area contributed by atoms with E-state index < -0.39 is 0 Å². The number of carbonyl (C=O) groups is 2. The lowest BCUT2D eigenvalue weighted by Crippen LogP contribution is -2.49. The van der Waals surface area contributed by atoms with Crippen LogP contribution in [0.5, 0.6) is 0 Å². The zero-order valence-corrected chi connectivity index (χ0v) is 11.0. The topological polar surface area (TPSA) is 70.1 Å². The number of carbonyl (C=O) groups excluding carboxylic acids is 2. The molecule has 0 aromatic carbocycles. The molecular formula is C12H22N2O4. The lowest BCUT2D eigenvalue weighted by atomic mass is 10.1. The Kier molecular flexibility index (Phi) is 8.86. The molecule has 1 fully saturated rings. The minimum atomic E-state index is -0.141. The molecule has 1 amide bonds. The molecule has 0 aromatic heterocycles. The fourth-order valence-corrected chi connectivity index (χ4v) is 1.99. The fourth-order valence-electron chi connectivity index (χ4n) is 1.99. The predicted molar refractivity (Wildman–Crippen MR) is 67.5 cm³/mol. The Hall–Kier alpha value is -1.40. The smallest absolute Gasteiger partial charge is 0.252 e. The van der Waals surface area contributed by atoms with Crippen LogP contribution in [0.4, 0.5) is 0 Å². The summed E-state index contributed by atoms with van der Waals surface area (Å²) in [6.45, 7) is 6.89. The van der Waals surface area contributed by atoms with Gasteiger partial charge < -0.3 is 14.7 Å². The maximum Gasteiger partial charge on any atom is 0.252 e. The van der Waals surface area contributed by atoms with Gasteiger partial charge in [-0.1, -0.05) is 6.58 Å². The van der Waals surface area contributed by atoms with Crippen molar-refractivity contribution < 1.29 is 19.5 Å². The van der Waals surface area contributed by atoms with Crippen LogP contribution >= 0.6 is 0 Å². The number of amides is 1. The molecule has 0 aliphatic carbocycles. The summed E-state index contributed by atoms with van der Waals surface area (Å²) in [5.41, 5.74) is 0. The standard InChI is InChI=1S/C11H18N2O3.CH4O/c1-3-16-13(10(2)15)11-5-4-6-12(9-11)7-8-14;1-2/h3,8,11H,1,4-7,9H2,2H3;2H,1H3. The Bertz CT molecular complexity index is 271. The van der Waals surface area contributed by atoms with Gasteiger partial charge in [0.1, 0.15) is 12.5 Å². The Balaban J connectivity index is 0.00000137. The first-order valence-electron chi connectivity index (χ1n) is 5.87. The average molecular weight is 258 g/mol. The first-order valence-corrected chi connectivity index (χ1v) is 5.87. The molecule has 1 saturated heterocycles. The Morgan fingerprint density at radius 2 is 2.28 bits per heavy atom. The number of likely N-dealkylation sites (tertiary alicyclic amines) is 1. The zero-order chi connectivity index (χ0) is 14.0. The van der Waals surface area contributed by atoms with E-state index in [-0.39, 0.29) is 11.9 Å². The third-order valence-corrected chi connectivity index (χ3v) is 2.64. The van der Waals surface area contributed by atoms with Crippen molar-refractivity contribution in [1.82, 2.24) is 9.96 Å². The van der Waals surface area contributed by atoms with Crippen molar-refractivity contribution in [2.75, 3.05) is 26.7 Å². The molecule has 6 nitrogen and oxygen atoms in total. The van der Waals surface area contributed by atoms with E-state index in [9.17, 15) is 9.59 Å². The normalized spacial score (nSPS) is 19.2. The second kappa shape index (κ2) is 9.61. The lowest BCUT2D eigenvalue weighted by Gasteiger charge is -2.36. The minimum absolute atomic E-state index is 0.00389. The summed E-state index contributed by atoms with van der Waals surface area (Å²) >= 11 is 0. The highest BCUT2D eigenvalue weighted by Gasteiger charge is 2.27. The fraction of sp³-hybridized carbons (Fsp3) is 0.667. The number of rotatable bonds is 5. The van der Waals surface area contributed by atoms with E-state index in [1.165, 1.54) is 18.2 Å². The van der Waals surface area contributed by atoms with Gasteiger partial charge in [0.15, 0.2) is 0 Å². The van der Waals surface area contributed by atoms with E-state index in [1.807, 2.05) is 4.90 Å². The number of hydrogen-bond donors (Lipinski definition) is 1. The van der Waals surface area contributed by atoms with Gasteiger partial charge in [-0.3, -0.25) is 9.69 Å². The number of hydrogen-bond acceptors (Lipinski definition) is 5. The van der Waals surface area contributed by atoms with Gasteiger partial charge in [0, 0.05) is 20.6 Å². The summed E-state index contributed by atoms with van der Waals surface area (Å²) in [4.78, 5) is 28.9. The molecule has 0 saturated carbocycles. The molecule has 1 aliphatic heterocycles. The Morgan fingerprint density at radius 1 is 1.61 bits per heavy atom. The van der Waals surface area contributed by atoms with E-state index in [0.29, 0.717) is 13.1 Å². The predicted octanol–water partition coefficient (Wildman–Crippen LogP) is 0.182. The second-order valence-corrected chi connectivity index (χ2v) is 3.84. The first-order chi connectivity index (χ1) is 8.69. The van der Waals surface area contributed by atoms with Crippen LogP contribution < -0.4 is 0 Å². The molecule has 104 valence electrons. The molecule has 0 aromatic rings. The zero-order valence-electron chi connectivity index (χ0n) is 11.0. The van der Waals surface area contributed by atoms with Crippen molar-refractivity contribution in [2.24, 2.45) is 0 Å². The molecule has 1 N–H and O–H groups in total. The molecule has 0 bridgehead atoms. The Labute approximate surface area is 108 Å². The lowest BCUT2D eigenvalue weighted by molar-refractivity contribution is -0.180. The summed E-state index contributed by atoms with van der Waals surface area (Å²) in [6, 6.07) is 0.00389. The van der Waals surface area contributed by atoms with Crippen molar-refractivity contribution in [2.45, 2.75) is 25.8 Å². The minimum Gasteiger partial charge on any atom is -0.400 e. The van der Waals surface area contributed by atoms with Crippen LogP contribution in [-0.4, -0.2) is 60.0 Å². The number of aldehydes is 1. The van der Waals surface area contributed by atoms with Crippen molar-refractivity contribution in [3.05, 3.63) is 12.8 Å². The number of aliphatic hydroxyl groups excluding tert-OH is 1. The van der Waals surface area contributed by atoms with E-state index in [4.69, 9.17) is 9.94 Å². The highest BCUT2D eigenvalue weighted by atomic mass is 16.7. The summed E-state index contributed by atoms with van der Waals surface area (Å²) in [6.07, 6.45) is 3.99.